The summed E-state index contributed by atoms with van der Waals surface area (Å²) in [5, 5.41) is 12.9. The van der Waals surface area contributed by atoms with Crippen molar-refractivity contribution in [1.29, 1.82) is 0 Å². The Kier molecular flexibility index (Phi) is 4.55. The number of aryl methyl sites for hydroxylation is 1. The highest BCUT2D eigenvalue weighted by Gasteiger charge is 2.45. The van der Waals surface area contributed by atoms with Gasteiger partial charge in [-0.2, -0.15) is 15.2 Å². The number of aromatic nitrogens is 6. The van der Waals surface area contributed by atoms with Crippen LogP contribution in [0, 0.1) is 6.92 Å². The Morgan fingerprint density at radius 1 is 1.24 bits per heavy atom. The van der Waals surface area contributed by atoms with Crippen LogP contribution < -0.4 is 0 Å². The highest BCUT2D eigenvalue weighted by Crippen LogP contribution is 2.44. The third-order valence-corrected chi connectivity index (χ3v) is 5.65. The molecule has 2 atom stereocenters. The summed E-state index contributed by atoms with van der Waals surface area (Å²) >= 11 is 0. The van der Waals surface area contributed by atoms with Crippen LogP contribution in [0.3, 0.4) is 0 Å². The second-order valence-electron chi connectivity index (χ2n) is 8.54. The zero-order valence-corrected chi connectivity index (χ0v) is 17.7. The summed E-state index contributed by atoms with van der Waals surface area (Å²) in [7, 11) is 1.90. The fraction of sp³-hybridized carbons (Fsp3) is 0.550. The second-order valence-corrected chi connectivity index (χ2v) is 8.54. The molecule has 1 saturated heterocycles. The van der Waals surface area contributed by atoms with Gasteiger partial charge in [-0.05, 0) is 34.6 Å². The van der Waals surface area contributed by atoms with Gasteiger partial charge in [0.2, 0.25) is 17.6 Å². The van der Waals surface area contributed by atoms with Crippen molar-refractivity contribution in [1.82, 2.24) is 34.6 Å². The van der Waals surface area contributed by atoms with E-state index in [1.54, 1.807) is 6.20 Å². The van der Waals surface area contributed by atoms with Gasteiger partial charge in [-0.25, -0.2) is 0 Å². The van der Waals surface area contributed by atoms with Crippen LogP contribution in [0.15, 0.2) is 23.1 Å². The number of nitrogens with zero attached hydrogens (tertiary/aromatic N) is 7. The molecule has 4 heterocycles. The molecule has 0 spiro atoms. The van der Waals surface area contributed by atoms with Gasteiger partial charge in [0.15, 0.2) is 0 Å². The number of likely N-dealkylation sites (tertiary alicyclic amines) is 1. The molecular formula is C20H27N7O2. The number of carbonyl (C=O) groups is 1. The summed E-state index contributed by atoms with van der Waals surface area (Å²) in [4.78, 5) is 19.2. The Labute approximate surface area is 169 Å². The predicted molar refractivity (Wildman–Crippen MR) is 106 cm³/mol. The lowest BCUT2D eigenvalue weighted by Crippen LogP contribution is -2.28. The molecule has 1 aliphatic rings. The van der Waals surface area contributed by atoms with Crippen molar-refractivity contribution >= 4 is 5.91 Å². The summed E-state index contributed by atoms with van der Waals surface area (Å²) in [5.74, 6) is 0.843. The molecular weight excluding hydrogens is 370 g/mol. The Hall–Kier alpha value is -2.97. The standard InChI is InChI=1S/C20H27N7O2/c1-7-26-16(28)8-14(17(26)15-10-21-25(6)12(15)2)19-23-18(24-29-19)13-9-22-27(11-13)20(3,4)5/h9-11,14,17H,7-8H2,1-6H3/t14-,17-/m0/s1. The van der Waals surface area contributed by atoms with Crippen molar-refractivity contribution in [2.24, 2.45) is 7.05 Å². The van der Waals surface area contributed by atoms with E-state index in [1.165, 1.54) is 0 Å². The SMILES string of the molecule is CCN1C(=O)C[C@H](c2nc(-c3cnn(C(C)(C)C)c3)no2)[C@H]1c1cnn(C)c1C. The number of rotatable bonds is 4. The molecule has 0 aliphatic carbocycles. The maximum Gasteiger partial charge on any atom is 0.233 e. The Morgan fingerprint density at radius 3 is 2.59 bits per heavy atom. The van der Waals surface area contributed by atoms with Crippen LogP contribution >= 0.6 is 0 Å². The number of likely N-dealkylation sites (N-methyl/N-ethyl adjacent to an activating group) is 1. The number of hydrogen-bond donors (Lipinski definition) is 0. The zero-order chi connectivity index (χ0) is 20.9. The summed E-state index contributed by atoms with van der Waals surface area (Å²) in [5.41, 5.74) is 2.71. The van der Waals surface area contributed by atoms with Crippen LogP contribution in [0.1, 0.15) is 63.2 Å². The molecule has 4 rings (SSSR count). The molecule has 0 radical (unpaired) electrons. The molecule has 9 heteroatoms. The first kappa shape index (κ1) is 19.4. The summed E-state index contributed by atoms with van der Waals surface area (Å²) < 4.78 is 9.33. The molecule has 0 aromatic carbocycles. The lowest BCUT2D eigenvalue weighted by atomic mass is 9.94. The van der Waals surface area contributed by atoms with Crippen LogP contribution in [0.25, 0.3) is 11.4 Å². The van der Waals surface area contributed by atoms with Crippen molar-refractivity contribution in [2.45, 2.75) is 58.5 Å². The minimum absolute atomic E-state index is 0.0889. The Morgan fingerprint density at radius 2 is 2.00 bits per heavy atom. The average Bonchev–Trinajstić information content (AvgIpc) is 3.41. The van der Waals surface area contributed by atoms with Crippen LogP contribution in [0.2, 0.25) is 0 Å². The summed E-state index contributed by atoms with van der Waals surface area (Å²) in [6, 6.07) is -0.160. The Balaban J connectivity index is 1.69. The van der Waals surface area contributed by atoms with Gasteiger partial charge in [-0.1, -0.05) is 5.16 Å². The van der Waals surface area contributed by atoms with Gasteiger partial charge in [-0.15, -0.1) is 0 Å². The van der Waals surface area contributed by atoms with Gasteiger partial charge in [0.05, 0.1) is 35.5 Å². The van der Waals surface area contributed by atoms with Gasteiger partial charge in [0.1, 0.15) is 0 Å². The van der Waals surface area contributed by atoms with Crippen molar-refractivity contribution in [3.63, 3.8) is 0 Å². The molecule has 3 aromatic rings. The summed E-state index contributed by atoms with van der Waals surface area (Å²) in [6.45, 7) is 10.9. The van der Waals surface area contributed by atoms with E-state index in [-0.39, 0.29) is 23.4 Å². The van der Waals surface area contributed by atoms with E-state index in [2.05, 4.69) is 41.1 Å². The van der Waals surface area contributed by atoms with Gasteiger partial charge in [0, 0.05) is 37.5 Å². The number of hydrogen-bond acceptors (Lipinski definition) is 6. The molecule has 3 aromatic heterocycles. The van der Waals surface area contributed by atoms with Crippen molar-refractivity contribution in [2.75, 3.05) is 6.54 Å². The van der Waals surface area contributed by atoms with Gasteiger partial charge < -0.3 is 9.42 Å². The third kappa shape index (κ3) is 3.24. The molecule has 1 fully saturated rings. The molecule has 0 bridgehead atoms. The van der Waals surface area contributed by atoms with Crippen molar-refractivity contribution in [3.05, 3.63) is 35.7 Å². The largest absolute Gasteiger partial charge is 0.339 e. The molecule has 0 saturated carbocycles. The summed E-state index contributed by atoms with van der Waals surface area (Å²) in [6.07, 6.45) is 5.82. The van der Waals surface area contributed by atoms with Crippen LogP contribution in [0.5, 0.6) is 0 Å². The minimum Gasteiger partial charge on any atom is -0.339 e. The van der Waals surface area contributed by atoms with E-state index in [4.69, 9.17) is 4.52 Å². The van der Waals surface area contributed by atoms with Crippen molar-refractivity contribution in [3.8, 4) is 11.4 Å². The highest BCUT2D eigenvalue weighted by molar-refractivity contribution is 5.80. The van der Waals surface area contributed by atoms with Gasteiger partial charge in [0.25, 0.3) is 0 Å². The van der Waals surface area contributed by atoms with E-state index in [0.717, 1.165) is 16.8 Å². The van der Waals surface area contributed by atoms with E-state index in [0.29, 0.717) is 24.7 Å². The first-order valence-electron chi connectivity index (χ1n) is 9.87. The molecule has 29 heavy (non-hydrogen) atoms. The van der Waals surface area contributed by atoms with E-state index in [1.807, 2.05) is 47.6 Å². The lowest BCUT2D eigenvalue weighted by Gasteiger charge is -2.25. The van der Waals surface area contributed by atoms with Gasteiger partial charge in [-0.3, -0.25) is 14.2 Å². The normalized spacial score (nSPS) is 20.1. The smallest absolute Gasteiger partial charge is 0.233 e. The average molecular weight is 397 g/mol. The molecule has 154 valence electrons. The zero-order valence-electron chi connectivity index (χ0n) is 17.7. The van der Waals surface area contributed by atoms with Crippen LogP contribution in [-0.2, 0) is 17.4 Å². The second kappa shape index (κ2) is 6.82. The molecule has 1 amide bonds. The Bertz CT molecular complexity index is 1040. The number of amides is 1. The van der Waals surface area contributed by atoms with E-state index >= 15 is 0 Å². The van der Waals surface area contributed by atoms with Crippen LogP contribution in [0.4, 0.5) is 0 Å². The minimum atomic E-state index is -0.204. The van der Waals surface area contributed by atoms with Gasteiger partial charge >= 0.3 is 0 Å². The monoisotopic (exact) mass is 397 g/mol. The maximum absolute atomic E-state index is 12.7. The van der Waals surface area contributed by atoms with E-state index in [9.17, 15) is 4.79 Å². The third-order valence-electron chi connectivity index (χ3n) is 5.65. The molecule has 0 N–H and O–H groups in total. The fourth-order valence-corrected chi connectivity index (χ4v) is 3.88. The lowest BCUT2D eigenvalue weighted by molar-refractivity contribution is -0.128. The van der Waals surface area contributed by atoms with Crippen LogP contribution in [-0.4, -0.2) is 47.1 Å². The molecule has 0 unspecified atom stereocenters. The van der Waals surface area contributed by atoms with Crippen molar-refractivity contribution < 1.29 is 9.32 Å². The topological polar surface area (TPSA) is 94.9 Å². The van der Waals surface area contributed by atoms with E-state index < -0.39 is 0 Å². The molecule has 1 aliphatic heterocycles. The highest BCUT2D eigenvalue weighted by atomic mass is 16.5. The quantitative estimate of drug-likeness (QED) is 0.672. The predicted octanol–water partition coefficient (Wildman–Crippen LogP) is 2.81. The molecule has 9 nitrogen and oxygen atoms in total. The first-order chi connectivity index (χ1) is 13.7. The maximum atomic E-state index is 12.7. The number of carbonyl (C=O) groups excluding carboxylic acids is 1. The first-order valence-corrected chi connectivity index (χ1v) is 9.87. The fourth-order valence-electron chi connectivity index (χ4n) is 3.88.